The van der Waals surface area contributed by atoms with Crippen molar-refractivity contribution in [1.29, 1.82) is 0 Å². The molecule has 4 heteroatoms. The molecule has 84 valence electrons. The molecule has 0 aliphatic rings. The summed E-state index contributed by atoms with van der Waals surface area (Å²) in [5, 5.41) is 14.8. The zero-order valence-electron chi connectivity index (χ0n) is 8.96. The number of hydrogen-bond donors (Lipinski definition) is 3. The van der Waals surface area contributed by atoms with Crippen LogP contribution in [0.1, 0.15) is 6.92 Å². The van der Waals surface area contributed by atoms with Crippen molar-refractivity contribution < 1.29 is 9.84 Å². The van der Waals surface area contributed by atoms with E-state index < -0.39 is 0 Å². The Hall–Kier alpha value is -0.420. The van der Waals surface area contributed by atoms with Gasteiger partial charge < -0.3 is 20.5 Å². The Bertz CT molecular complexity index is 129. The van der Waals surface area contributed by atoms with Crippen molar-refractivity contribution >= 4 is 0 Å². The summed E-state index contributed by atoms with van der Waals surface area (Å²) in [7, 11) is 0. The van der Waals surface area contributed by atoms with Crippen molar-refractivity contribution in [2.24, 2.45) is 0 Å². The Morgan fingerprint density at radius 3 is 2.50 bits per heavy atom. The first kappa shape index (κ1) is 13.6. The predicted octanol–water partition coefficient (Wildman–Crippen LogP) is -0.249. The molecule has 0 rings (SSSR count). The van der Waals surface area contributed by atoms with E-state index in [0.29, 0.717) is 13.2 Å². The van der Waals surface area contributed by atoms with Crippen LogP contribution in [0.2, 0.25) is 0 Å². The highest BCUT2D eigenvalue weighted by Crippen LogP contribution is 1.75. The van der Waals surface area contributed by atoms with Crippen LogP contribution in [0.15, 0.2) is 12.2 Å². The van der Waals surface area contributed by atoms with Crippen molar-refractivity contribution in [3.05, 3.63) is 12.2 Å². The van der Waals surface area contributed by atoms with E-state index in [4.69, 9.17) is 9.84 Å². The van der Waals surface area contributed by atoms with E-state index in [2.05, 4.69) is 10.6 Å². The Kier molecular flexibility index (Phi) is 12.2. The van der Waals surface area contributed by atoms with Crippen LogP contribution in [0, 0.1) is 0 Å². The lowest BCUT2D eigenvalue weighted by molar-refractivity contribution is 0.164. The van der Waals surface area contributed by atoms with Gasteiger partial charge in [0.25, 0.3) is 0 Å². The van der Waals surface area contributed by atoms with Gasteiger partial charge in [0.05, 0.1) is 19.8 Å². The van der Waals surface area contributed by atoms with Gasteiger partial charge in [0.2, 0.25) is 0 Å². The summed E-state index contributed by atoms with van der Waals surface area (Å²) in [4.78, 5) is 0. The molecule has 0 aromatic carbocycles. The summed E-state index contributed by atoms with van der Waals surface area (Å²) in [6, 6.07) is 0. The summed E-state index contributed by atoms with van der Waals surface area (Å²) in [5.41, 5.74) is 0. The topological polar surface area (TPSA) is 53.5 Å². The van der Waals surface area contributed by atoms with Crippen LogP contribution < -0.4 is 10.6 Å². The molecule has 0 aliphatic heterocycles. The number of hydrogen-bond acceptors (Lipinski definition) is 4. The van der Waals surface area contributed by atoms with Crippen LogP contribution >= 0.6 is 0 Å². The molecule has 4 nitrogen and oxygen atoms in total. The SMILES string of the molecule is CC=CCOCCNCCNCCO. The first-order chi connectivity index (χ1) is 6.91. The van der Waals surface area contributed by atoms with Gasteiger partial charge in [-0.15, -0.1) is 0 Å². The molecule has 0 radical (unpaired) electrons. The van der Waals surface area contributed by atoms with Crippen LogP contribution in [0.25, 0.3) is 0 Å². The number of allylic oxidation sites excluding steroid dienone is 1. The Morgan fingerprint density at radius 2 is 1.86 bits per heavy atom. The molecule has 3 N–H and O–H groups in total. The normalized spacial score (nSPS) is 11.3. The summed E-state index contributed by atoms with van der Waals surface area (Å²) in [5.74, 6) is 0. The van der Waals surface area contributed by atoms with E-state index in [0.717, 1.165) is 26.2 Å². The average molecular weight is 202 g/mol. The third-order valence-corrected chi connectivity index (χ3v) is 1.64. The molecule has 0 saturated heterocycles. The van der Waals surface area contributed by atoms with Gasteiger partial charge >= 0.3 is 0 Å². The number of aliphatic hydroxyl groups is 1. The minimum atomic E-state index is 0.201. The highest BCUT2D eigenvalue weighted by atomic mass is 16.5. The summed E-state index contributed by atoms with van der Waals surface area (Å²) < 4.78 is 5.29. The Labute approximate surface area is 86.3 Å². The molecular formula is C10H22N2O2. The second-order valence-electron chi connectivity index (χ2n) is 2.87. The molecule has 0 heterocycles. The predicted molar refractivity (Wildman–Crippen MR) is 58.5 cm³/mol. The molecule has 0 amide bonds. The minimum absolute atomic E-state index is 0.201. The van der Waals surface area contributed by atoms with E-state index in [1.165, 1.54) is 0 Å². The molecule has 0 aromatic rings. The van der Waals surface area contributed by atoms with Gasteiger partial charge in [-0.25, -0.2) is 0 Å². The standard InChI is InChI=1S/C10H22N2O2/c1-2-3-9-14-10-7-12-5-4-11-6-8-13/h2-3,11-13H,4-10H2,1H3. The van der Waals surface area contributed by atoms with Crippen molar-refractivity contribution in [2.45, 2.75) is 6.92 Å². The monoisotopic (exact) mass is 202 g/mol. The van der Waals surface area contributed by atoms with Crippen LogP contribution in [-0.4, -0.2) is 51.1 Å². The highest BCUT2D eigenvalue weighted by molar-refractivity contribution is 4.75. The van der Waals surface area contributed by atoms with Crippen LogP contribution in [0.3, 0.4) is 0 Å². The van der Waals surface area contributed by atoms with Gasteiger partial charge in [-0.1, -0.05) is 12.2 Å². The average Bonchev–Trinajstić information content (AvgIpc) is 2.21. The second-order valence-corrected chi connectivity index (χ2v) is 2.87. The highest BCUT2D eigenvalue weighted by Gasteiger charge is 1.87. The molecule has 0 unspecified atom stereocenters. The number of rotatable bonds is 10. The molecule has 0 spiro atoms. The molecule has 0 fully saturated rings. The maximum Gasteiger partial charge on any atom is 0.0647 e. The quantitative estimate of drug-likeness (QED) is 0.338. The fourth-order valence-corrected chi connectivity index (χ4v) is 0.898. The van der Waals surface area contributed by atoms with Crippen LogP contribution in [-0.2, 0) is 4.74 Å². The van der Waals surface area contributed by atoms with E-state index in [-0.39, 0.29) is 6.61 Å². The first-order valence-corrected chi connectivity index (χ1v) is 5.13. The Balaban J connectivity index is 2.85. The smallest absolute Gasteiger partial charge is 0.0647 e. The van der Waals surface area contributed by atoms with E-state index in [1.54, 1.807) is 0 Å². The maximum absolute atomic E-state index is 8.48. The van der Waals surface area contributed by atoms with E-state index in [1.807, 2.05) is 19.1 Å². The minimum Gasteiger partial charge on any atom is -0.395 e. The first-order valence-electron chi connectivity index (χ1n) is 5.13. The third-order valence-electron chi connectivity index (χ3n) is 1.64. The largest absolute Gasteiger partial charge is 0.395 e. The molecular weight excluding hydrogens is 180 g/mol. The third kappa shape index (κ3) is 11.6. The van der Waals surface area contributed by atoms with Gasteiger partial charge in [0.1, 0.15) is 0 Å². The molecule has 0 atom stereocenters. The van der Waals surface area contributed by atoms with Crippen LogP contribution in [0.4, 0.5) is 0 Å². The Morgan fingerprint density at radius 1 is 1.14 bits per heavy atom. The van der Waals surface area contributed by atoms with Gasteiger partial charge in [-0.05, 0) is 6.92 Å². The number of ether oxygens (including phenoxy) is 1. The van der Waals surface area contributed by atoms with Crippen molar-refractivity contribution in [3.8, 4) is 0 Å². The zero-order valence-corrected chi connectivity index (χ0v) is 8.96. The van der Waals surface area contributed by atoms with Crippen molar-refractivity contribution in [2.75, 3.05) is 46.0 Å². The fourth-order valence-electron chi connectivity index (χ4n) is 0.898. The van der Waals surface area contributed by atoms with Gasteiger partial charge in [-0.3, -0.25) is 0 Å². The van der Waals surface area contributed by atoms with E-state index >= 15 is 0 Å². The fraction of sp³-hybridized carbons (Fsp3) is 0.800. The lowest BCUT2D eigenvalue weighted by Crippen LogP contribution is -2.30. The summed E-state index contributed by atoms with van der Waals surface area (Å²) >= 11 is 0. The summed E-state index contributed by atoms with van der Waals surface area (Å²) in [6.07, 6.45) is 3.97. The van der Waals surface area contributed by atoms with Crippen molar-refractivity contribution in [1.82, 2.24) is 10.6 Å². The second kappa shape index (κ2) is 12.6. The molecule has 0 saturated carbocycles. The van der Waals surface area contributed by atoms with Crippen molar-refractivity contribution in [3.63, 3.8) is 0 Å². The maximum atomic E-state index is 8.48. The van der Waals surface area contributed by atoms with Gasteiger partial charge in [-0.2, -0.15) is 0 Å². The zero-order chi connectivity index (χ0) is 10.5. The molecule has 0 bridgehead atoms. The van der Waals surface area contributed by atoms with E-state index in [9.17, 15) is 0 Å². The summed E-state index contributed by atoms with van der Waals surface area (Å²) in [6.45, 7) is 6.95. The van der Waals surface area contributed by atoms with Gasteiger partial charge in [0.15, 0.2) is 0 Å². The molecule has 0 aliphatic carbocycles. The lowest BCUT2D eigenvalue weighted by Gasteiger charge is -2.05. The van der Waals surface area contributed by atoms with Gasteiger partial charge in [0, 0.05) is 26.2 Å². The number of aliphatic hydroxyl groups excluding tert-OH is 1. The lowest BCUT2D eigenvalue weighted by atomic mass is 10.5. The molecule has 14 heavy (non-hydrogen) atoms. The molecule has 0 aromatic heterocycles. The number of nitrogens with one attached hydrogen (secondary N) is 2. The van der Waals surface area contributed by atoms with Crippen LogP contribution in [0.5, 0.6) is 0 Å².